The van der Waals surface area contributed by atoms with Gasteiger partial charge in [0.2, 0.25) is 0 Å². The normalized spacial score (nSPS) is 10.8. The zero-order valence-corrected chi connectivity index (χ0v) is 17.7. The van der Waals surface area contributed by atoms with Crippen LogP contribution in [0.4, 0.5) is 0 Å². The Balaban J connectivity index is 0.00000729. The van der Waals surface area contributed by atoms with Gasteiger partial charge in [-0.1, -0.05) is 70.4 Å². The predicted octanol–water partition coefficient (Wildman–Crippen LogP) is 7.27. The maximum absolute atomic E-state index is 12.1. The Morgan fingerprint density at radius 3 is 1.82 bits per heavy atom. The first kappa shape index (κ1) is 27.4. The molecule has 154 valence electrons. The van der Waals surface area contributed by atoms with Crippen molar-refractivity contribution in [1.29, 1.82) is 0 Å². The number of carbonyl (C=O) groups is 1. The van der Waals surface area contributed by atoms with E-state index >= 15 is 0 Å². The molecule has 0 amide bonds. The van der Waals surface area contributed by atoms with Gasteiger partial charge in [-0.2, -0.15) is 0 Å². The number of unbranched alkanes of at least 4 members (excludes halogenated alkanes) is 11. The molecule has 0 fully saturated rings. The Labute approximate surface area is 195 Å². The van der Waals surface area contributed by atoms with Gasteiger partial charge in [-0.05, 0) is 56.4 Å². The summed E-state index contributed by atoms with van der Waals surface area (Å²) >= 11 is 0. The van der Waals surface area contributed by atoms with Crippen LogP contribution in [0, 0.1) is 0 Å². The van der Waals surface area contributed by atoms with Crippen LogP contribution in [0.3, 0.4) is 0 Å². The zero-order chi connectivity index (χ0) is 19.6. The number of carbonyl (C=O) groups excluding carboxylic acids is 1. The third kappa shape index (κ3) is 14.4. The molecule has 3 heteroatoms. The second-order valence-corrected chi connectivity index (χ2v) is 7.49. The Hall–Kier alpha value is -0.570. The van der Waals surface area contributed by atoms with Crippen molar-refractivity contribution in [3.63, 3.8) is 0 Å². The number of ether oxygens (including phenoxy) is 1. The van der Waals surface area contributed by atoms with Crippen molar-refractivity contribution >= 4 is 35.3 Å². The quantitative estimate of drug-likeness (QED) is 0.120. The van der Waals surface area contributed by atoms with Crippen LogP contribution in [0.25, 0.3) is 0 Å². The number of hydrogen-bond acceptors (Lipinski definition) is 2. The van der Waals surface area contributed by atoms with E-state index < -0.39 is 0 Å². The molecule has 0 saturated carbocycles. The van der Waals surface area contributed by atoms with Gasteiger partial charge in [0.05, 0.1) is 7.11 Å². The molecule has 0 unspecified atom stereocenters. The molecule has 0 radical (unpaired) electrons. The third-order valence-electron chi connectivity index (χ3n) is 5.08. The second-order valence-electron chi connectivity index (χ2n) is 7.49. The average Bonchev–Trinajstić information content (AvgIpc) is 2.70. The van der Waals surface area contributed by atoms with Crippen LogP contribution in [0.2, 0.25) is 0 Å². The van der Waals surface area contributed by atoms with E-state index in [1.165, 1.54) is 70.6 Å². The molecule has 0 heterocycles. The first-order valence-electron chi connectivity index (χ1n) is 11.1. The first-order valence-corrected chi connectivity index (χ1v) is 11.1. The van der Waals surface area contributed by atoms with Crippen molar-refractivity contribution in [2.45, 2.75) is 96.8 Å². The van der Waals surface area contributed by atoms with E-state index in [-0.39, 0.29) is 35.3 Å². The minimum absolute atomic E-state index is 0. The Kier molecular flexibility index (Phi) is 19.3. The van der Waals surface area contributed by atoms with Crippen LogP contribution in [0.15, 0.2) is 36.4 Å². The van der Waals surface area contributed by atoms with E-state index in [1.54, 1.807) is 7.11 Å². The van der Waals surface area contributed by atoms with Gasteiger partial charge in [-0.25, -0.2) is 0 Å². The maximum atomic E-state index is 12.1. The Bertz CT molecular complexity index is 508. The minimum atomic E-state index is 0. The van der Waals surface area contributed by atoms with E-state index in [1.807, 2.05) is 24.3 Å². The number of rotatable bonds is 17. The Morgan fingerprint density at radius 1 is 0.786 bits per heavy atom. The molecular weight excluding hydrogens is 355 g/mol. The zero-order valence-electron chi connectivity index (χ0n) is 17.7. The third-order valence-corrected chi connectivity index (χ3v) is 5.08. The van der Waals surface area contributed by atoms with Gasteiger partial charge in [-0.3, -0.25) is 4.79 Å². The molecule has 0 aliphatic heterocycles. The number of Topliss-reactive ketones (excluding diaryl/α,β-unsaturated/α-hetero) is 1. The van der Waals surface area contributed by atoms with Crippen LogP contribution in [-0.2, 0) is 0 Å². The fourth-order valence-corrected chi connectivity index (χ4v) is 3.28. The van der Waals surface area contributed by atoms with E-state index in [2.05, 4.69) is 19.1 Å². The molecule has 0 aromatic heterocycles. The summed E-state index contributed by atoms with van der Waals surface area (Å²) in [4.78, 5) is 12.1. The summed E-state index contributed by atoms with van der Waals surface area (Å²) in [6, 6.07) is 7.43. The van der Waals surface area contributed by atoms with Crippen LogP contribution >= 0.6 is 0 Å². The van der Waals surface area contributed by atoms with Gasteiger partial charge in [0.1, 0.15) is 5.75 Å². The van der Waals surface area contributed by atoms with Gasteiger partial charge < -0.3 is 4.74 Å². The molecular formula is C25H41NaO2. The molecule has 0 saturated heterocycles. The summed E-state index contributed by atoms with van der Waals surface area (Å²) in [6.45, 7) is 2.27. The van der Waals surface area contributed by atoms with Gasteiger partial charge >= 0.3 is 29.6 Å². The molecule has 2 nitrogen and oxygen atoms in total. The molecule has 1 rings (SSSR count). The molecule has 0 aliphatic carbocycles. The predicted molar refractivity (Wildman–Crippen MR) is 124 cm³/mol. The number of methoxy groups -OCH3 is 1. The molecule has 1 aromatic rings. The number of allylic oxidation sites excluding steroid dienone is 2. The fourth-order valence-electron chi connectivity index (χ4n) is 3.28. The SMILES string of the molecule is CCCCCCCC/C=C\CCCCCCCC(=O)c1ccc(OC)cc1.[NaH]. The van der Waals surface area contributed by atoms with Crippen molar-refractivity contribution in [1.82, 2.24) is 0 Å². The van der Waals surface area contributed by atoms with Crippen molar-refractivity contribution in [3.05, 3.63) is 42.0 Å². The van der Waals surface area contributed by atoms with E-state index in [0.717, 1.165) is 24.2 Å². The van der Waals surface area contributed by atoms with Gasteiger partial charge in [0, 0.05) is 12.0 Å². The van der Waals surface area contributed by atoms with Crippen LogP contribution < -0.4 is 4.74 Å². The molecule has 1 aromatic carbocycles. The number of hydrogen-bond donors (Lipinski definition) is 0. The summed E-state index contributed by atoms with van der Waals surface area (Å²) in [5, 5.41) is 0. The molecule has 0 spiro atoms. The summed E-state index contributed by atoms with van der Waals surface area (Å²) < 4.78 is 5.12. The fraction of sp³-hybridized carbons (Fsp3) is 0.640. The van der Waals surface area contributed by atoms with E-state index in [4.69, 9.17) is 4.74 Å². The molecule has 0 bridgehead atoms. The van der Waals surface area contributed by atoms with Crippen molar-refractivity contribution in [2.75, 3.05) is 7.11 Å². The van der Waals surface area contributed by atoms with E-state index in [0.29, 0.717) is 6.42 Å². The summed E-state index contributed by atoms with van der Waals surface area (Å²) in [5.41, 5.74) is 0.798. The molecule has 0 aliphatic rings. The van der Waals surface area contributed by atoms with Crippen molar-refractivity contribution in [3.8, 4) is 5.75 Å². The molecule has 0 atom stereocenters. The topological polar surface area (TPSA) is 26.3 Å². The Morgan fingerprint density at radius 2 is 1.29 bits per heavy atom. The van der Waals surface area contributed by atoms with Crippen LogP contribution in [0.1, 0.15) is 107 Å². The molecule has 28 heavy (non-hydrogen) atoms. The monoisotopic (exact) mass is 396 g/mol. The summed E-state index contributed by atoms with van der Waals surface area (Å²) in [5.74, 6) is 1.04. The van der Waals surface area contributed by atoms with Crippen LogP contribution in [0.5, 0.6) is 5.75 Å². The van der Waals surface area contributed by atoms with Gasteiger partial charge in [0.25, 0.3) is 0 Å². The van der Waals surface area contributed by atoms with Gasteiger partial charge in [-0.15, -0.1) is 0 Å². The van der Waals surface area contributed by atoms with E-state index in [9.17, 15) is 4.79 Å². The molecule has 0 N–H and O–H groups in total. The summed E-state index contributed by atoms with van der Waals surface area (Å²) in [6.07, 6.45) is 22.1. The average molecular weight is 397 g/mol. The number of benzene rings is 1. The van der Waals surface area contributed by atoms with Crippen molar-refractivity contribution in [2.24, 2.45) is 0 Å². The van der Waals surface area contributed by atoms with Crippen molar-refractivity contribution < 1.29 is 9.53 Å². The summed E-state index contributed by atoms with van der Waals surface area (Å²) in [7, 11) is 1.64. The van der Waals surface area contributed by atoms with Crippen LogP contribution in [-0.4, -0.2) is 42.5 Å². The van der Waals surface area contributed by atoms with Gasteiger partial charge in [0.15, 0.2) is 5.78 Å². The first-order chi connectivity index (χ1) is 13.3. The number of ketones is 1. The second kappa shape index (κ2) is 19.7. The standard InChI is InChI=1S/C25H40O2.Na.H/c1-3-4-5-6-7-8-9-10-11-12-13-14-15-16-17-18-25(26)23-19-21-24(27-2)22-20-23;;/h10-11,19-22H,3-9,12-18H2,1-2H3;;/b11-10-;;.